The van der Waals surface area contributed by atoms with Gasteiger partial charge in [-0.2, -0.15) is 12.7 Å². The van der Waals surface area contributed by atoms with Crippen molar-refractivity contribution in [2.45, 2.75) is 23.6 Å². The molecule has 37 heavy (non-hydrogen) atoms. The minimum absolute atomic E-state index is 0. The number of rotatable bonds is 9. The van der Waals surface area contributed by atoms with Gasteiger partial charge in [0.1, 0.15) is 20.2 Å². The van der Waals surface area contributed by atoms with Crippen molar-refractivity contribution in [3.63, 3.8) is 0 Å². The molecular weight excluding hydrogens is 568 g/mol. The largest absolute Gasteiger partial charge is 1.00 e. The fourth-order valence-corrected chi connectivity index (χ4v) is 4.62. The molecule has 1 amide bonds. The summed E-state index contributed by atoms with van der Waals surface area (Å²) in [5.74, 6) is -0.808. The molecule has 0 fully saturated rings. The molecule has 0 aliphatic carbocycles. The molecule has 0 bridgehead atoms. The van der Waals surface area contributed by atoms with Crippen LogP contribution in [0.25, 0.3) is 12.2 Å². The molecule has 2 aromatic carbocycles. The van der Waals surface area contributed by atoms with Crippen molar-refractivity contribution in [3.05, 3.63) is 47.5 Å². The van der Waals surface area contributed by atoms with Crippen molar-refractivity contribution < 1.29 is 98.3 Å². The number of anilines is 2. The molecule has 0 atom stereocenters. The van der Waals surface area contributed by atoms with E-state index in [2.05, 4.69) is 10.0 Å². The molecule has 0 saturated heterocycles. The van der Waals surface area contributed by atoms with Gasteiger partial charge in [-0.1, -0.05) is 38.1 Å². The summed E-state index contributed by atoms with van der Waals surface area (Å²) in [7, 11) is -11.6. The zero-order valence-corrected chi connectivity index (χ0v) is 27.5. The number of hydrogen-bond donors (Lipinski definition) is 2. The predicted octanol–water partition coefficient (Wildman–Crippen LogP) is -4.51. The van der Waals surface area contributed by atoms with Crippen LogP contribution in [0.3, 0.4) is 0 Å². The summed E-state index contributed by atoms with van der Waals surface area (Å²) < 4.78 is 97.6. The van der Waals surface area contributed by atoms with Crippen LogP contribution >= 0.6 is 0 Å². The number of benzene rings is 2. The summed E-state index contributed by atoms with van der Waals surface area (Å²) in [6.45, 7) is 3.24. The average molecular weight is 592 g/mol. The molecule has 2 N–H and O–H groups in total. The van der Waals surface area contributed by atoms with E-state index in [1.54, 1.807) is 13.8 Å². The number of amides is 1. The van der Waals surface area contributed by atoms with Gasteiger partial charge in [0, 0.05) is 25.7 Å². The molecule has 0 heterocycles. The van der Waals surface area contributed by atoms with Crippen molar-refractivity contribution >= 4 is 59.9 Å². The quantitative estimate of drug-likeness (QED) is 0.164. The van der Waals surface area contributed by atoms with Crippen LogP contribution < -0.4 is 69.2 Å². The molecule has 0 unspecified atom stereocenters. The number of hydrogen-bond acceptors (Lipinski definition) is 9. The first-order valence-electron chi connectivity index (χ1n) is 9.81. The van der Waals surface area contributed by atoms with Crippen molar-refractivity contribution in [2.75, 3.05) is 24.1 Å². The van der Waals surface area contributed by atoms with Gasteiger partial charge in [-0.3, -0.25) is 9.52 Å². The minimum atomic E-state index is -5.08. The summed E-state index contributed by atoms with van der Waals surface area (Å²) in [4.78, 5) is 10.4. The standard InChI is InChI=1S/C20H25N3O9S3.2Na/c1-13(2)20(24)21-16-9-7-14(18(11-16)33(25,26)27)5-6-15-8-10-17(12-19(15)34(28,29)30)22-35(31,32)23(3)4;;/h5-13,22H,1-4H3,(H,21,24)(H,25,26,27)(H,28,29,30);;/q;2*+1/p-2/b6-5+;;. The third kappa shape index (κ3) is 10.3. The minimum Gasteiger partial charge on any atom is -0.744 e. The number of nitrogens with zero attached hydrogens (tertiary/aromatic N) is 1. The van der Waals surface area contributed by atoms with Gasteiger partial charge >= 0.3 is 69.3 Å². The van der Waals surface area contributed by atoms with Gasteiger partial charge in [-0.15, -0.1) is 0 Å². The van der Waals surface area contributed by atoms with Gasteiger partial charge in [-0.25, -0.2) is 16.8 Å². The molecule has 0 radical (unpaired) electrons. The van der Waals surface area contributed by atoms with Crippen LogP contribution in [0.5, 0.6) is 0 Å². The molecule has 0 saturated carbocycles. The zero-order chi connectivity index (χ0) is 26.8. The first kappa shape index (κ1) is 36.2. The maximum atomic E-state index is 12.0. The topological polar surface area (TPSA) is 193 Å². The second-order valence-electron chi connectivity index (χ2n) is 7.78. The van der Waals surface area contributed by atoms with E-state index >= 15 is 0 Å². The van der Waals surface area contributed by atoms with Crippen LogP contribution in [-0.2, 0) is 35.2 Å². The Morgan fingerprint density at radius 3 is 1.59 bits per heavy atom. The van der Waals surface area contributed by atoms with Crippen molar-refractivity contribution in [1.29, 1.82) is 0 Å². The van der Waals surface area contributed by atoms with Crippen LogP contribution in [-0.4, -0.2) is 58.7 Å². The van der Waals surface area contributed by atoms with E-state index in [1.807, 2.05) is 0 Å². The predicted molar refractivity (Wildman–Crippen MR) is 127 cm³/mol. The third-order valence-corrected chi connectivity index (χ3v) is 7.77. The number of nitrogens with one attached hydrogen (secondary N) is 2. The van der Waals surface area contributed by atoms with Crippen LogP contribution in [0.2, 0.25) is 0 Å². The molecule has 0 spiro atoms. The maximum Gasteiger partial charge on any atom is 1.00 e. The average Bonchev–Trinajstić information content (AvgIpc) is 2.71. The zero-order valence-electron chi connectivity index (χ0n) is 21.0. The first-order valence-corrected chi connectivity index (χ1v) is 14.1. The van der Waals surface area contributed by atoms with Crippen LogP contribution in [0, 0.1) is 5.92 Å². The molecular formula is C20H23N3Na2O9S3. The maximum absolute atomic E-state index is 12.0. The van der Waals surface area contributed by atoms with Crippen molar-refractivity contribution in [3.8, 4) is 0 Å². The SMILES string of the molecule is CC(C)C(=O)Nc1ccc(/C=C/c2ccc(NS(=O)(=O)N(C)C)cc2S(=O)(=O)[O-])c(S(=O)(=O)[O-])c1.[Na+].[Na+]. The van der Waals surface area contributed by atoms with E-state index in [9.17, 15) is 39.2 Å². The monoisotopic (exact) mass is 591 g/mol. The molecule has 12 nitrogen and oxygen atoms in total. The summed E-state index contributed by atoms with van der Waals surface area (Å²) in [5, 5.41) is 2.47. The Morgan fingerprint density at radius 1 is 0.811 bits per heavy atom. The van der Waals surface area contributed by atoms with Gasteiger partial charge in [-0.05, 0) is 35.4 Å². The van der Waals surface area contributed by atoms with Crippen LogP contribution in [0.1, 0.15) is 25.0 Å². The van der Waals surface area contributed by atoms with Gasteiger partial charge in [0.2, 0.25) is 5.91 Å². The fourth-order valence-electron chi connectivity index (χ4n) is 2.62. The molecule has 0 aliphatic heterocycles. The van der Waals surface area contributed by atoms with E-state index in [-0.39, 0.29) is 81.6 Å². The molecule has 2 aromatic rings. The Hall–Kier alpha value is -0.820. The summed E-state index contributed by atoms with van der Waals surface area (Å²) >= 11 is 0. The summed E-state index contributed by atoms with van der Waals surface area (Å²) in [6, 6.07) is 6.69. The number of carbonyl (C=O) groups is 1. The normalized spacial score (nSPS) is 12.2. The van der Waals surface area contributed by atoms with Crippen LogP contribution in [0.4, 0.5) is 11.4 Å². The number of carbonyl (C=O) groups excluding carboxylic acids is 1. The smallest absolute Gasteiger partial charge is 0.744 e. The van der Waals surface area contributed by atoms with Gasteiger partial charge < -0.3 is 14.4 Å². The summed E-state index contributed by atoms with van der Waals surface area (Å²) in [5.41, 5.74) is -0.442. The van der Waals surface area contributed by atoms with Gasteiger partial charge in [0.15, 0.2) is 0 Å². The Labute approximate surface area is 261 Å². The Morgan fingerprint density at radius 2 is 1.22 bits per heavy atom. The second kappa shape index (κ2) is 14.0. The molecule has 0 aliphatic rings. The van der Waals surface area contributed by atoms with E-state index < -0.39 is 52.1 Å². The first-order chi connectivity index (χ1) is 15.9. The van der Waals surface area contributed by atoms with Gasteiger partial charge in [0.05, 0.1) is 15.5 Å². The Kier molecular flexibility index (Phi) is 13.7. The van der Waals surface area contributed by atoms with E-state index in [0.29, 0.717) is 0 Å². The van der Waals surface area contributed by atoms with Crippen molar-refractivity contribution in [1.82, 2.24) is 4.31 Å². The van der Waals surface area contributed by atoms with Crippen LogP contribution in [0.15, 0.2) is 46.2 Å². The molecule has 17 heteroatoms. The van der Waals surface area contributed by atoms with E-state index in [4.69, 9.17) is 0 Å². The summed E-state index contributed by atoms with van der Waals surface area (Å²) in [6.07, 6.45) is 2.19. The van der Waals surface area contributed by atoms with Gasteiger partial charge in [0.25, 0.3) is 0 Å². The molecule has 192 valence electrons. The molecule has 0 aromatic heterocycles. The van der Waals surface area contributed by atoms with E-state index in [0.717, 1.165) is 34.7 Å². The Bertz CT molecular complexity index is 1490. The second-order valence-corrected chi connectivity index (χ2v) is 12.4. The Balaban J connectivity index is 0.00000648. The molecule has 2 rings (SSSR count). The van der Waals surface area contributed by atoms with E-state index in [1.165, 1.54) is 32.3 Å². The third-order valence-electron chi connectivity index (χ3n) is 4.53. The van der Waals surface area contributed by atoms with Crippen molar-refractivity contribution in [2.24, 2.45) is 5.92 Å². The fraction of sp³-hybridized carbons (Fsp3) is 0.250.